The standard InChI is InChI=1S/C10H9N3O3/c14-10(15)7-1-2-9(11-5-7)12-6-8-3-4-13-16-8/h1-5H,6H2,(H,11,12)(H,14,15). The normalized spacial score (nSPS) is 10.0. The Hall–Kier alpha value is -2.37. The van der Waals surface area contributed by atoms with Crippen LogP contribution in [0, 0.1) is 0 Å². The van der Waals surface area contributed by atoms with E-state index in [0.717, 1.165) is 0 Å². The van der Waals surface area contributed by atoms with Gasteiger partial charge in [0.05, 0.1) is 18.3 Å². The largest absolute Gasteiger partial charge is 0.478 e. The van der Waals surface area contributed by atoms with Crippen molar-refractivity contribution < 1.29 is 14.4 Å². The van der Waals surface area contributed by atoms with Gasteiger partial charge in [-0.1, -0.05) is 5.16 Å². The fourth-order valence-electron chi connectivity index (χ4n) is 1.14. The fourth-order valence-corrected chi connectivity index (χ4v) is 1.14. The summed E-state index contributed by atoms with van der Waals surface area (Å²) in [5.41, 5.74) is 0.158. The summed E-state index contributed by atoms with van der Waals surface area (Å²) in [6, 6.07) is 4.82. The Morgan fingerprint density at radius 2 is 2.31 bits per heavy atom. The minimum absolute atomic E-state index is 0.158. The lowest BCUT2D eigenvalue weighted by atomic mass is 10.3. The van der Waals surface area contributed by atoms with Crippen molar-refractivity contribution >= 4 is 11.8 Å². The Labute approximate surface area is 90.9 Å². The van der Waals surface area contributed by atoms with Gasteiger partial charge in [0.15, 0.2) is 5.76 Å². The molecule has 0 fully saturated rings. The number of hydrogen-bond acceptors (Lipinski definition) is 5. The van der Waals surface area contributed by atoms with Crippen LogP contribution < -0.4 is 5.32 Å². The molecule has 0 aliphatic carbocycles. The van der Waals surface area contributed by atoms with Crippen LogP contribution in [0.3, 0.4) is 0 Å². The zero-order valence-corrected chi connectivity index (χ0v) is 8.25. The minimum Gasteiger partial charge on any atom is -0.478 e. The van der Waals surface area contributed by atoms with Crippen LogP contribution in [0.25, 0.3) is 0 Å². The molecule has 0 atom stereocenters. The van der Waals surface area contributed by atoms with E-state index in [4.69, 9.17) is 9.63 Å². The van der Waals surface area contributed by atoms with Crippen molar-refractivity contribution in [3.63, 3.8) is 0 Å². The monoisotopic (exact) mass is 219 g/mol. The molecule has 6 heteroatoms. The number of carboxylic acid groups (broad SMARTS) is 1. The third-order valence-electron chi connectivity index (χ3n) is 1.95. The Kier molecular flexibility index (Phi) is 2.81. The summed E-state index contributed by atoms with van der Waals surface area (Å²) in [5.74, 6) is 0.278. The molecule has 0 radical (unpaired) electrons. The molecular formula is C10H9N3O3. The first-order valence-corrected chi connectivity index (χ1v) is 4.58. The Morgan fingerprint density at radius 3 is 2.88 bits per heavy atom. The van der Waals surface area contributed by atoms with Gasteiger partial charge in [0, 0.05) is 12.3 Å². The van der Waals surface area contributed by atoms with Crippen molar-refractivity contribution in [1.29, 1.82) is 0 Å². The van der Waals surface area contributed by atoms with Crippen molar-refractivity contribution in [2.24, 2.45) is 0 Å². The number of aromatic carboxylic acids is 1. The first kappa shape index (κ1) is 10.2. The van der Waals surface area contributed by atoms with Crippen molar-refractivity contribution in [2.45, 2.75) is 6.54 Å². The molecule has 0 aliphatic rings. The summed E-state index contributed by atoms with van der Waals surface area (Å²) < 4.78 is 4.88. The molecule has 2 aromatic rings. The molecule has 16 heavy (non-hydrogen) atoms. The summed E-state index contributed by atoms with van der Waals surface area (Å²) in [7, 11) is 0. The molecule has 0 saturated carbocycles. The maximum atomic E-state index is 10.6. The molecule has 0 aliphatic heterocycles. The summed E-state index contributed by atoms with van der Waals surface area (Å²) in [6.07, 6.45) is 2.85. The van der Waals surface area contributed by atoms with Crippen LogP contribution in [0.1, 0.15) is 16.1 Å². The average Bonchev–Trinajstić information content (AvgIpc) is 2.80. The van der Waals surface area contributed by atoms with E-state index in [-0.39, 0.29) is 5.56 Å². The molecule has 0 unspecified atom stereocenters. The van der Waals surface area contributed by atoms with Gasteiger partial charge < -0.3 is 14.9 Å². The first-order valence-electron chi connectivity index (χ1n) is 4.58. The Bertz CT molecular complexity index is 465. The van der Waals surface area contributed by atoms with Gasteiger partial charge >= 0.3 is 5.97 Å². The highest BCUT2D eigenvalue weighted by molar-refractivity contribution is 5.87. The van der Waals surface area contributed by atoms with E-state index in [1.54, 1.807) is 18.3 Å². The molecule has 0 spiro atoms. The van der Waals surface area contributed by atoms with E-state index < -0.39 is 5.97 Å². The topological polar surface area (TPSA) is 88.2 Å². The van der Waals surface area contributed by atoms with Crippen LogP contribution in [0.15, 0.2) is 35.1 Å². The number of pyridine rings is 1. The van der Waals surface area contributed by atoms with Crippen LogP contribution in [0.4, 0.5) is 5.82 Å². The molecule has 2 aromatic heterocycles. The van der Waals surface area contributed by atoms with Crippen molar-refractivity contribution in [3.05, 3.63) is 41.9 Å². The Balaban J connectivity index is 1.98. The number of nitrogens with zero attached hydrogens (tertiary/aromatic N) is 2. The molecule has 0 aromatic carbocycles. The summed E-state index contributed by atoms with van der Waals surface area (Å²) in [4.78, 5) is 14.5. The lowest BCUT2D eigenvalue weighted by Crippen LogP contribution is -2.02. The first-order chi connectivity index (χ1) is 7.75. The Morgan fingerprint density at radius 1 is 1.44 bits per heavy atom. The van der Waals surface area contributed by atoms with E-state index in [1.165, 1.54) is 12.3 Å². The number of hydrogen-bond donors (Lipinski definition) is 2. The minimum atomic E-state index is -0.991. The third kappa shape index (κ3) is 2.35. The highest BCUT2D eigenvalue weighted by Crippen LogP contribution is 2.07. The molecule has 2 N–H and O–H groups in total. The van der Waals surface area contributed by atoms with E-state index in [0.29, 0.717) is 18.1 Å². The second-order valence-electron chi connectivity index (χ2n) is 3.07. The van der Waals surface area contributed by atoms with Crippen molar-refractivity contribution in [2.75, 3.05) is 5.32 Å². The molecule has 0 saturated heterocycles. The highest BCUT2D eigenvalue weighted by atomic mass is 16.5. The molecular weight excluding hydrogens is 210 g/mol. The maximum Gasteiger partial charge on any atom is 0.337 e. The van der Waals surface area contributed by atoms with E-state index >= 15 is 0 Å². The second-order valence-corrected chi connectivity index (χ2v) is 3.07. The van der Waals surface area contributed by atoms with Gasteiger partial charge in [-0.3, -0.25) is 0 Å². The van der Waals surface area contributed by atoms with Crippen molar-refractivity contribution in [1.82, 2.24) is 10.1 Å². The molecule has 6 nitrogen and oxygen atoms in total. The van der Waals surface area contributed by atoms with E-state index in [2.05, 4.69) is 15.5 Å². The van der Waals surface area contributed by atoms with E-state index in [1.807, 2.05) is 0 Å². The van der Waals surface area contributed by atoms with Crippen LogP contribution in [-0.2, 0) is 6.54 Å². The molecule has 2 rings (SSSR count). The smallest absolute Gasteiger partial charge is 0.337 e. The second kappa shape index (κ2) is 4.43. The predicted molar refractivity (Wildman–Crippen MR) is 55.0 cm³/mol. The number of aromatic nitrogens is 2. The third-order valence-corrected chi connectivity index (χ3v) is 1.95. The molecule has 0 amide bonds. The van der Waals surface area contributed by atoms with Gasteiger partial charge in [-0.25, -0.2) is 9.78 Å². The van der Waals surface area contributed by atoms with Crippen LogP contribution in [0.5, 0.6) is 0 Å². The number of nitrogens with one attached hydrogen (secondary N) is 1. The lowest BCUT2D eigenvalue weighted by molar-refractivity contribution is 0.0696. The van der Waals surface area contributed by atoms with E-state index in [9.17, 15) is 4.79 Å². The van der Waals surface area contributed by atoms with Gasteiger partial charge in [0.1, 0.15) is 5.82 Å². The predicted octanol–water partition coefficient (Wildman–Crippen LogP) is 1.38. The number of carbonyl (C=O) groups is 1. The summed E-state index contributed by atoms with van der Waals surface area (Å²) in [5, 5.41) is 15.2. The van der Waals surface area contributed by atoms with Gasteiger partial charge in [-0.05, 0) is 12.1 Å². The number of carboxylic acids is 1. The van der Waals surface area contributed by atoms with Crippen LogP contribution in [-0.4, -0.2) is 21.2 Å². The molecule has 2 heterocycles. The van der Waals surface area contributed by atoms with Gasteiger partial charge in [-0.15, -0.1) is 0 Å². The average molecular weight is 219 g/mol. The number of rotatable bonds is 4. The van der Waals surface area contributed by atoms with Crippen molar-refractivity contribution in [3.8, 4) is 0 Å². The van der Waals surface area contributed by atoms with Gasteiger partial charge in [0.2, 0.25) is 0 Å². The maximum absolute atomic E-state index is 10.6. The quantitative estimate of drug-likeness (QED) is 0.807. The van der Waals surface area contributed by atoms with Gasteiger partial charge in [0.25, 0.3) is 0 Å². The summed E-state index contributed by atoms with van der Waals surface area (Å²) >= 11 is 0. The SMILES string of the molecule is O=C(O)c1ccc(NCc2ccno2)nc1. The zero-order chi connectivity index (χ0) is 11.4. The molecule has 82 valence electrons. The zero-order valence-electron chi connectivity index (χ0n) is 8.25. The highest BCUT2D eigenvalue weighted by Gasteiger charge is 2.03. The van der Waals surface area contributed by atoms with Crippen LogP contribution in [0.2, 0.25) is 0 Å². The van der Waals surface area contributed by atoms with Gasteiger partial charge in [-0.2, -0.15) is 0 Å². The fraction of sp³-hybridized carbons (Fsp3) is 0.100. The van der Waals surface area contributed by atoms with Crippen LogP contribution >= 0.6 is 0 Å². The summed E-state index contributed by atoms with van der Waals surface area (Å²) in [6.45, 7) is 0.458. The number of anilines is 1. The lowest BCUT2D eigenvalue weighted by Gasteiger charge is -2.02. The molecule has 0 bridgehead atoms.